The van der Waals surface area contributed by atoms with E-state index in [1.807, 2.05) is 60.7 Å². The van der Waals surface area contributed by atoms with E-state index in [0.29, 0.717) is 17.5 Å². The summed E-state index contributed by atoms with van der Waals surface area (Å²) in [6.45, 7) is 0. The molecule has 3 heterocycles. The molecule has 0 aliphatic rings. The largest absolute Gasteiger partial charge is 0.309 e. The lowest BCUT2D eigenvalue weighted by molar-refractivity contribution is 1.08. The summed E-state index contributed by atoms with van der Waals surface area (Å²) in [5.41, 5.74) is 9.80. The van der Waals surface area contributed by atoms with E-state index in [1.165, 1.54) is 54.1 Å². The van der Waals surface area contributed by atoms with Crippen LogP contribution in [0.2, 0.25) is 0 Å². The van der Waals surface area contributed by atoms with Crippen molar-refractivity contribution >= 4 is 75.9 Å². The van der Waals surface area contributed by atoms with Gasteiger partial charge in [-0.15, -0.1) is 0 Å². The highest BCUT2D eigenvalue weighted by molar-refractivity contribution is 6.22. The van der Waals surface area contributed by atoms with Crippen molar-refractivity contribution in [1.82, 2.24) is 24.1 Å². The SMILES string of the molecule is c1ccc(-c2nc(-c3ccccc3)nc(-c3cccc4cc(-n5c6ccc(-n7c8ccccc8c8c9ccccc9ccc87)cc6c6cc7ccccc7cc65)ccc34)n2)cc1. The molecule has 288 valence electrons. The monoisotopic (exact) mass is 789 g/mol. The van der Waals surface area contributed by atoms with E-state index in [1.54, 1.807) is 0 Å². The lowest BCUT2D eigenvalue weighted by atomic mass is 10.0. The van der Waals surface area contributed by atoms with Gasteiger partial charge >= 0.3 is 0 Å². The molecule has 13 rings (SSSR count). The molecule has 0 saturated carbocycles. The molecule has 0 spiro atoms. The van der Waals surface area contributed by atoms with Crippen LogP contribution in [0.3, 0.4) is 0 Å². The molecule has 0 unspecified atom stereocenters. The molecular weight excluding hydrogens is 755 g/mol. The Balaban J connectivity index is 1.02. The lowest BCUT2D eigenvalue weighted by Gasteiger charge is -2.13. The second-order valence-corrected chi connectivity index (χ2v) is 16.0. The zero-order valence-corrected chi connectivity index (χ0v) is 33.4. The quantitative estimate of drug-likeness (QED) is 0.174. The summed E-state index contributed by atoms with van der Waals surface area (Å²) in [6, 6.07) is 75.9. The van der Waals surface area contributed by atoms with Crippen LogP contribution in [-0.4, -0.2) is 24.1 Å². The Morgan fingerprint density at radius 1 is 0.274 bits per heavy atom. The van der Waals surface area contributed by atoms with E-state index < -0.39 is 0 Å². The summed E-state index contributed by atoms with van der Waals surface area (Å²) in [4.78, 5) is 15.1. The molecule has 0 radical (unpaired) electrons. The highest BCUT2D eigenvalue weighted by atomic mass is 15.0. The average Bonchev–Trinajstić information content (AvgIpc) is 3.85. The molecule has 0 saturated heterocycles. The molecule has 13 aromatic rings. The molecule has 5 nitrogen and oxygen atoms in total. The number of fused-ring (bicyclic) bond motifs is 10. The van der Waals surface area contributed by atoms with Gasteiger partial charge in [0, 0.05) is 49.6 Å². The minimum Gasteiger partial charge on any atom is -0.309 e. The van der Waals surface area contributed by atoms with Crippen LogP contribution in [0, 0.1) is 0 Å². The molecule has 10 aromatic carbocycles. The smallest absolute Gasteiger partial charge is 0.164 e. The molecule has 3 aromatic heterocycles. The summed E-state index contributed by atoms with van der Waals surface area (Å²) < 4.78 is 4.86. The van der Waals surface area contributed by atoms with Crippen molar-refractivity contribution in [3.8, 4) is 45.5 Å². The van der Waals surface area contributed by atoms with Crippen molar-refractivity contribution in [2.75, 3.05) is 0 Å². The second kappa shape index (κ2) is 13.6. The van der Waals surface area contributed by atoms with Gasteiger partial charge in [0.15, 0.2) is 17.5 Å². The molecule has 0 aliphatic heterocycles. The van der Waals surface area contributed by atoms with Crippen molar-refractivity contribution in [1.29, 1.82) is 0 Å². The molecule has 0 aliphatic carbocycles. The fourth-order valence-electron chi connectivity index (χ4n) is 9.66. The number of hydrogen-bond donors (Lipinski definition) is 0. The Bertz CT molecular complexity index is 3860. The number of nitrogens with zero attached hydrogens (tertiary/aromatic N) is 5. The standard InChI is InChI=1S/C57H35N5/c1-3-15-37(16-4-1)55-58-56(38-17-5-2-6-18-38)60-57(59-55)46-24-13-21-41-32-42(27-29-44(41)46)62-51-31-28-43(35-49(51)48-33-39-19-7-8-20-40(39)34-53(48)62)61-50-25-12-11-23-47(50)54-45-22-10-9-14-36(45)26-30-52(54)61/h1-35H. The third kappa shape index (κ3) is 5.32. The Kier molecular flexibility index (Phi) is 7.54. The van der Waals surface area contributed by atoms with Gasteiger partial charge < -0.3 is 9.13 Å². The van der Waals surface area contributed by atoms with Crippen LogP contribution in [-0.2, 0) is 0 Å². The van der Waals surface area contributed by atoms with Gasteiger partial charge in [0.1, 0.15) is 0 Å². The Hall–Kier alpha value is -8.41. The van der Waals surface area contributed by atoms with Gasteiger partial charge in [0.05, 0.1) is 22.1 Å². The fourth-order valence-corrected chi connectivity index (χ4v) is 9.66. The zero-order valence-electron chi connectivity index (χ0n) is 33.4. The summed E-state index contributed by atoms with van der Waals surface area (Å²) in [6.07, 6.45) is 0. The third-order valence-corrected chi connectivity index (χ3v) is 12.5. The van der Waals surface area contributed by atoms with Crippen molar-refractivity contribution in [3.63, 3.8) is 0 Å². The van der Waals surface area contributed by atoms with Crippen LogP contribution in [0.5, 0.6) is 0 Å². The number of benzene rings is 10. The Morgan fingerprint density at radius 2 is 0.823 bits per heavy atom. The maximum atomic E-state index is 5.09. The minimum atomic E-state index is 0.643. The van der Waals surface area contributed by atoms with E-state index in [9.17, 15) is 0 Å². The first-order chi connectivity index (χ1) is 30.7. The topological polar surface area (TPSA) is 48.5 Å². The van der Waals surface area contributed by atoms with Gasteiger partial charge in [-0.05, 0) is 86.9 Å². The van der Waals surface area contributed by atoms with Crippen molar-refractivity contribution in [2.24, 2.45) is 0 Å². The number of aromatic nitrogens is 5. The molecule has 0 N–H and O–H groups in total. The number of rotatable bonds is 5. The maximum Gasteiger partial charge on any atom is 0.164 e. The van der Waals surface area contributed by atoms with Crippen LogP contribution >= 0.6 is 0 Å². The van der Waals surface area contributed by atoms with Gasteiger partial charge in [0.25, 0.3) is 0 Å². The van der Waals surface area contributed by atoms with Crippen LogP contribution in [0.15, 0.2) is 212 Å². The van der Waals surface area contributed by atoms with Crippen LogP contribution in [0.25, 0.3) is 121 Å². The van der Waals surface area contributed by atoms with E-state index in [-0.39, 0.29) is 0 Å². The minimum absolute atomic E-state index is 0.643. The van der Waals surface area contributed by atoms with E-state index in [0.717, 1.165) is 49.9 Å². The van der Waals surface area contributed by atoms with Gasteiger partial charge in [0.2, 0.25) is 0 Å². The average molecular weight is 790 g/mol. The molecular formula is C57H35N5. The predicted molar refractivity (Wildman–Crippen MR) is 257 cm³/mol. The summed E-state index contributed by atoms with van der Waals surface area (Å²) in [5, 5.41) is 12.1. The van der Waals surface area contributed by atoms with Crippen molar-refractivity contribution < 1.29 is 0 Å². The molecule has 0 atom stereocenters. The van der Waals surface area contributed by atoms with E-state index in [2.05, 4.69) is 161 Å². The van der Waals surface area contributed by atoms with E-state index in [4.69, 9.17) is 15.0 Å². The van der Waals surface area contributed by atoms with Gasteiger partial charge in [-0.3, -0.25) is 0 Å². The number of para-hydroxylation sites is 1. The molecule has 5 heteroatoms. The summed E-state index contributed by atoms with van der Waals surface area (Å²) >= 11 is 0. The molecule has 62 heavy (non-hydrogen) atoms. The highest BCUT2D eigenvalue weighted by Crippen LogP contribution is 2.41. The van der Waals surface area contributed by atoms with Crippen molar-refractivity contribution in [3.05, 3.63) is 212 Å². The first kappa shape index (κ1) is 34.5. The van der Waals surface area contributed by atoms with Crippen LogP contribution in [0.4, 0.5) is 0 Å². The maximum absolute atomic E-state index is 5.09. The second-order valence-electron chi connectivity index (χ2n) is 16.0. The van der Waals surface area contributed by atoms with Gasteiger partial charge in [-0.25, -0.2) is 15.0 Å². The van der Waals surface area contributed by atoms with Crippen LogP contribution in [0.1, 0.15) is 0 Å². The summed E-state index contributed by atoms with van der Waals surface area (Å²) in [5.74, 6) is 1.94. The zero-order chi connectivity index (χ0) is 40.7. The Labute approximate surface area is 356 Å². The van der Waals surface area contributed by atoms with Crippen LogP contribution < -0.4 is 0 Å². The highest BCUT2D eigenvalue weighted by Gasteiger charge is 2.20. The summed E-state index contributed by atoms with van der Waals surface area (Å²) in [7, 11) is 0. The normalized spacial score (nSPS) is 11.9. The fraction of sp³-hybridized carbons (Fsp3) is 0. The predicted octanol–water partition coefficient (Wildman–Crippen LogP) is 14.5. The molecule has 0 fully saturated rings. The van der Waals surface area contributed by atoms with Gasteiger partial charge in [-0.2, -0.15) is 0 Å². The van der Waals surface area contributed by atoms with E-state index >= 15 is 0 Å². The third-order valence-electron chi connectivity index (χ3n) is 12.5. The number of hydrogen-bond acceptors (Lipinski definition) is 3. The lowest BCUT2D eigenvalue weighted by Crippen LogP contribution is -2.00. The first-order valence-corrected chi connectivity index (χ1v) is 21.0. The van der Waals surface area contributed by atoms with Crippen molar-refractivity contribution in [2.45, 2.75) is 0 Å². The molecule has 0 bridgehead atoms. The first-order valence-electron chi connectivity index (χ1n) is 21.0. The Morgan fingerprint density at radius 3 is 1.60 bits per heavy atom. The molecule has 0 amide bonds. The van der Waals surface area contributed by atoms with Gasteiger partial charge in [-0.1, -0.05) is 158 Å².